The average molecular weight is 425 g/mol. The standard InChI is InChI=1S/C26H36N2O3/c1-5-8-16-27-26(30)24(7-3)28(18-22-11-9-10-20(4)17-22)25(29)19-31-23-14-12-21(6-2)13-15-23/h9-15,17,24H,5-8,16,18-19H2,1-4H3,(H,27,30)/t24-/m0/s1. The summed E-state index contributed by atoms with van der Waals surface area (Å²) >= 11 is 0. The average Bonchev–Trinajstić information content (AvgIpc) is 2.78. The van der Waals surface area contributed by atoms with Gasteiger partial charge >= 0.3 is 0 Å². The van der Waals surface area contributed by atoms with Crippen molar-refractivity contribution < 1.29 is 14.3 Å². The number of ether oxygens (including phenoxy) is 1. The van der Waals surface area contributed by atoms with Crippen LogP contribution in [0.5, 0.6) is 5.75 Å². The molecule has 2 rings (SSSR count). The first-order valence-electron chi connectivity index (χ1n) is 11.3. The zero-order valence-corrected chi connectivity index (χ0v) is 19.3. The first-order valence-corrected chi connectivity index (χ1v) is 11.3. The summed E-state index contributed by atoms with van der Waals surface area (Å²) in [5.74, 6) is 0.351. The molecule has 0 bridgehead atoms. The molecule has 0 saturated carbocycles. The Bertz CT molecular complexity index is 833. The monoisotopic (exact) mass is 424 g/mol. The topological polar surface area (TPSA) is 58.6 Å². The summed E-state index contributed by atoms with van der Waals surface area (Å²) in [6.45, 7) is 9.03. The van der Waals surface area contributed by atoms with Crippen LogP contribution < -0.4 is 10.1 Å². The maximum Gasteiger partial charge on any atom is 0.261 e. The zero-order valence-electron chi connectivity index (χ0n) is 19.3. The molecule has 2 aromatic rings. The van der Waals surface area contributed by atoms with Crippen LogP contribution in [-0.4, -0.2) is 35.9 Å². The summed E-state index contributed by atoms with van der Waals surface area (Å²) in [7, 11) is 0. The highest BCUT2D eigenvalue weighted by molar-refractivity contribution is 5.88. The van der Waals surface area contributed by atoms with E-state index >= 15 is 0 Å². The first kappa shape index (κ1) is 24.4. The Morgan fingerprint density at radius 3 is 2.39 bits per heavy atom. The largest absolute Gasteiger partial charge is 0.484 e. The van der Waals surface area contributed by atoms with Gasteiger partial charge in [-0.1, -0.05) is 69.2 Å². The van der Waals surface area contributed by atoms with E-state index in [1.54, 1.807) is 4.90 Å². The van der Waals surface area contributed by atoms with Gasteiger partial charge in [-0.2, -0.15) is 0 Å². The molecule has 0 saturated heterocycles. The van der Waals surface area contributed by atoms with Gasteiger partial charge in [0.05, 0.1) is 0 Å². The Morgan fingerprint density at radius 2 is 1.77 bits per heavy atom. The summed E-state index contributed by atoms with van der Waals surface area (Å²) in [5.41, 5.74) is 3.34. The lowest BCUT2D eigenvalue weighted by atomic mass is 10.1. The van der Waals surface area contributed by atoms with Crippen molar-refractivity contribution in [1.29, 1.82) is 0 Å². The minimum absolute atomic E-state index is 0.101. The van der Waals surface area contributed by atoms with Gasteiger partial charge in [-0.15, -0.1) is 0 Å². The van der Waals surface area contributed by atoms with Crippen molar-refractivity contribution in [3.63, 3.8) is 0 Å². The summed E-state index contributed by atoms with van der Waals surface area (Å²) in [4.78, 5) is 27.7. The molecule has 1 atom stereocenters. The highest BCUT2D eigenvalue weighted by Crippen LogP contribution is 2.16. The van der Waals surface area contributed by atoms with Crippen LogP contribution in [0, 0.1) is 6.92 Å². The number of unbranched alkanes of at least 4 members (excludes halogenated alkanes) is 1. The smallest absolute Gasteiger partial charge is 0.261 e. The summed E-state index contributed by atoms with van der Waals surface area (Å²) in [6.07, 6.45) is 3.42. The third-order valence-corrected chi connectivity index (χ3v) is 5.34. The molecule has 0 aliphatic rings. The number of nitrogens with one attached hydrogen (secondary N) is 1. The number of hydrogen-bond acceptors (Lipinski definition) is 3. The van der Waals surface area contributed by atoms with Crippen molar-refractivity contribution in [2.45, 2.75) is 66.0 Å². The number of aryl methyl sites for hydroxylation is 2. The molecular formula is C26H36N2O3. The van der Waals surface area contributed by atoms with E-state index < -0.39 is 6.04 Å². The third-order valence-electron chi connectivity index (χ3n) is 5.34. The second-order valence-corrected chi connectivity index (χ2v) is 7.87. The lowest BCUT2D eigenvalue weighted by Crippen LogP contribution is -2.50. The molecule has 0 spiro atoms. The molecule has 0 radical (unpaired) electrons. The van der Waals surface area contributed by atoms with Crippen LogP contribution >= 0.6 is 0 Å². The van der Waals surface area contributed by atoms with Gasteiger partial charge in [0.15, 0.2) is 6.61 Å². The van der Waals surface area contributed by atoms with Crippen LogP contribution in [0.3, 0.4) is 0 Å². The molecular weight excluding hydrogens is 388 g/mol. The molecule has 0 heterocycles. The van der Waals surface area contributed by atoms with Crippen molar-refractivity contribution in [2.75, 3.05) is 13.2 Å². The molecule has 2 amide bonds. The Labute approximate surface area is 186 Å². The molecule has 168 valence electrons. The molecule has 0 aromatic heterocycles. The fourth-order valence-corrected chi connectivity index (χ4v) is 3.48. The van der Waals surface area contributed by atoms with Gasteiger partial charge in [0.2, 0.25) is 5.91 Å². The maximum absolute atomic E-state index is 13.2. The second-order valence-electron chi connectivity index (χ2n) is 7.87. The van der Waals surface area contributed by atoms with Crippen LogP contribution in [0.2, 0.25) is 0 Å². The van der Waals surface area contributed by atoms with E-state index in [0.717, 1.165) is 30.4 Å². The van der Waals surface area contributed by atoms with Gasteiger partial charge in [-0.3, -0.25) is 9.59 Å². The van der Waals surface area contributed by atoms with Gasteiger partial charge in [0.1, 0.15) is 11.8 Å². The zero-order chi connectivity index (χ0) is 22.6. The molecule has 2 aromatic carbocycles. The Kier molecular flexibility index (Phi) is 10.1. The third kappa shape index (κ3) is 7.74. The normalized spacial score (nSPS) is 11.6. The molecule has 5 nitrogen and oxygen atoms in total. The predicted molar refractivity (Wildman–Crippen MR) is 125 cm³/mol. The molecule has 0 aliphatic heterocycles. The van der Waals surface area contributed by atoms with Gasteiger partial charge in [0, 0.05) is 13.1 Å². The van der Waals surface area contributed by atoms with Crippen molar-refractivity contribution in [3.05, 3.63) is 65.2 Å². The lowest BCUT2D eigenvalue weighted by molar-refractivity contribution is -0.143. The summed E-state index contributed by atoms with van der Waals surface area (Å²) < 4.78 is 5.76. The molecule has 0 unspecified atom stereocenters. The van der Waals surface area contributed by atoms with E-state index in [9.17, 15) is 9.59 Å². The number of amides is 2. The Morgan fingerprint density at radius 1 is 1.03 bits per heavy atom. The molecule has 31 heavy (non-hydrogen) atoms. The minimum Gasteiger partial charge on any atom is -0.484 e. The van der Waals surface area contributed by atoms with Crippen molar-refractivity contribution in [1.82, 2.24) is 10.2 Å². The minimum atomic E-state index is -0.532. The van der Waals surface area contributed by atoms with Crippen LogP contribution in [0.15, 0.2) is 48.5 Å². The van der Waals surface area contributed by atoms with Crippen molar-refractivity contribution in [3.8, 4) is 5.75 Å². The molecule has 5 heteroatoms. The molecule has 1 N–H and O–H groups in total. The van der Waals surface area contributed by atoms with Crippen LogP contribution in [0.4, 0.5) is 0 Å². The van der Waals surface area contributed by atoms with E-state index in [1.165, 1.54) is 5.56 Å². The van der Waals surface area contributed by atoms with E-state index in [2.05, 4.69) is 19.2 Å². The van der Waals surface area contributed by atoms with Gasteiger partial charge < -0.3 is 15.0 Å². The van der Waals surface area contributed by atoms with Gasteiger partial charge in [-0.05, 0) is 49.4 Å². The number of nitrogens with zero attached hydrogens (tertiary/aromatic N) is 1. The summed E-state index contributed by atoms with van der Waals surface area (Å²) in [5, 5.41) is 2.98. The van der Waals surface area contributed by atoms with Crippen LogP contribution in [-0.2, 0) is 22.6 Å². The SMILES string of the molecule is CCCCNC(=O)[C@H](CC)N(Cc1cccc(C)c1)C(=O)COc1ccc(CC)cc1. The Hall–Kier alpha value is -2.82. The maximum atomic E-state index is 13.2. The number of benzene rings is 2. The second kappa shape index (κ2) is 12.8. The fraction of sp³-hybridized carbons (Fsp3) is 0.462. The number of carbonyl (C=O) groups excluding carboxylic acids is 2. The predicted octanol–water partition coefficient (Wildman–Crippen LogP) is 4.66. The fourth-order valence-electron chi connectivity index (χ4n) is 3.48. The van der Waals surface area contributed by atoms with E-state index in [1.807, 2.05) is 62.4 Å². The summed E-state index contributed by atoms with van der Waals surface area (Å²) in [6, 6.07) is 15.3. The van der Waals surface area contributed by atoms with Crippen LogP contribution in [0.1, 0.15) is 56.7 Å². The van der Waals surface area contributed by atoms with Crippen molar-refractivity contribution in [2.24, 2.45) is 0 Å². The van der Waals surface area contributed by atoms with Gasteiger partial charge in [0.25, 0.3) is 5.91 Å². The van der Waals surface area contributed by atoms with Crippen molar-refractivity contribution >= 4 is 11.8 Å². The highest BCUT2D eigenvalue weighted by atomic mass is 16.5. The molecule has 0 aliphatic carbocycles. The first-order chi connectivity index (χ1) is 15.0. The van der Waals surface area contributed by atoms with Crippen LogP contribution in [0.25, 0.3) is 0 Å². The highest BCUT2D eigenvalue weighted by Gasteiger charge is 2.28. The number of rotatable bonds is 12. The quantitative estimate of drug-likeness (QED) is 0.504. The van der Waals surface area contributed by atoms with Gasteiger partial charge in [-0.25, -0.2) is 0 Å². The lowest BCUT2D eigenvalue weighted by Gasteiger charge is -2.30. The van der Waals surface area contributed by atoms with E-state index in [-0.39, 0.29) is 18.4 Å². The number of hydrogen-bond donors (Lipinski definition) is 1. The Balaban J connectivity index is 2.15. The van der Waals surface area contributed by atoms with E-state index in [0.29, 0.717) is 25.3 Å². The van der Waals surface area contributed by atoms with E-state index in [4.69, 9.17) is 4.74 Å². The number of carbonyl (C=O) groups is 2. The molecule has 0 fully saturated rings.